The SMILES string of the molecule is CC1(CNC(=O)Cc2ccc(Cl)cc2)CCNCC1.Cl. The molecule has 1 saturated heterocycles. The topological polar surface area (TPSA) is 41.1 Å². The monoisotopic (exact) mass is 316 g/mol. The third kappa shape index (κ3) is 5.31. The van der Waals surface area contributed by atoms with Crippen LogP contribution in [0.25, 0.3) is 0 Å². The van der Waals surface area contributed by atoms with Crippen LogP contribution in [0.1, 0.15) is 25.3 Å². The van der Waals surface area contributed by atoms with E-state index in [1.807, 2.05) is 24.3 Å². The van der Waals surface area contributed by atoms with Crippen molar-refractivity contribution in [1.82, 2.24) is 10.6 Å². The van der Waals surface area contributed by atoms with Crippen LogP contribution < -0.4 is 10.6 Å². The summed E-state index contributed by atoms with van der Waals surface area (Å²) in [5.41, 5.74) is 1.23. The highest BCUT2D eigenvalue weighted by Gasteiger charge is 2.26. The molecule has 1 aromatic rings. The molecule has 20 heavy (non-hydrogen) atoms. The molecule has 3 nitrogen and oxygen atoms in total. The minimum atomic E-state index is 0. The minimum absolute atomic E-state index is 0. The van der Waals surface area contributed by atoms with E-state index >= 15 is 0 Å². The van der Waals surface area contributed by atoms with Crippen LogP contribution in [0.5, 0.6) is 0 Å². The number of carbonyl (C=O) groups excluding carboxylic acids is 1. The Hall–Kier alpha value is -0.770. The molecule has 0 unspecified atom stereocenters. The molecule has 1 aliphatic heterocycles. The molecular formula is C15H22Cl2N2O. The Kier molecular flexibility index (Phi) is 6.80. The van der Waals surface area contributed by atoms with Gasteiger partial charge in [-0.1, -0.05) is 30.7 Å². The van der Waals surface area contributed by atoms with Gasteiger partial charge in [-0.3, -0.25) is 4.79 Å². The van der Waals surface area contributed by atoms with E-state index < -0.39 is 0 Å². The van der Waals surface area contributed by atoms with Crippen molar-refractivity contribution in [3.63, 3.8) is 0 Å². The second-order valence-electron chi connectivity index (χ2n) is 5.64. The van der Waals surface area contributed by atoms with Crippen LogP contribution in [0.4, 0.5) is 0 Å². The van der Waals surface area contributed by atoms with Gasteiger partial charge in [-0.05, 0) is 49.0 Å². The lowest BCUT2D eigenvalue weighted by molar-refractivity contribution is -0.121. The van der Waals surface area contributed by atoms with Gasteiger partial charge >= 0.3 is 0 Å². The molecular weight excluding hydrogens is 295 g/mol. The van der Waals surface area contributed by atoms with Crippen LogP contribution in [0.15, 0.2) is 24.3 Å². The predicted molar refractivity (Wildman–Crippen MR) is 85.6 cm³/mol. The lowest BCUT2D eigenvalue weighted by Gasteiger charge is -2.34. The molecule has 112 valence electrons. The highest BCUT2D eigenvalue weighted by Crippen LogP contribution is 2.26. The lowest BCUT2D eigenvalue weighted by atomic mass is 9.81. The van der Waals surface area contributed by atoms with Gasteiger partial charge in [0.1, 0.15) is 0 Å². The molecule has 5 heteroatoms. The number of piperidine rings is 1. The molecule has 0 aromatic heterocycles. The summed E-state index contributed by atoms with van der Waals surface area (Å²) in [6, 6.07) is 7.43. The van der Waals surface area contributed by atoms with Crippen LogP contribution in [0.3, 0.4) is 0 Å². The predicted octanol–water partition coefficient (Wildman–Crippen LogP) is 2.81. The van der Waals surface area contributed by atoms with Crippen molar-refractivity contribution in [3.8, 4) is 0 Å². The quantitative estimate of drug-likeness (QED) is 0.896. The van der Waals surface area contributed by atoms with Crippen molar-refractivity contribution < 1.29 is 4.79 Å². The number of halogens is 2. The molecule has 1 aliphatic rings. The molecule has 1 heterocycles. The van der Waals surface area contributed by atoms with Crippen molar-refractivity contribution in [2.75, 3.05) is 19.6 Å². The minimum Gasteiger partial charge on any atom is -0.355 e. The Morgan fingerprint density at radius 2 is 1.90 bits per heavy atom. The van der Waals surface area contributed by atoms with Gasteiger partial charge in [0.05, 0.1) is 6.42 Å². The third-order valence-corrected chi connectivity index (χ3v) is 4.05. The number of carbonyl (C=O) groups is 1. The fraction of sp³-hybridized carbons (Fsp3) is 0.533. The largest absolute Gasteiger partial charge is 0.355 e. The Bertz CT molecular complexity index is 428. The van der Waals surface area contributed by atoms with E-state index in [1.54, 1.807) is 0 Å². The van der Waals surface area contributed by atoms with Crippen LogP contribution in [-0.4, -0.2) is 25.5 Å². The van der Waals surface area contributed by atoms with Gasteiger partial charge in [-0.2, -0.15) is 0 Å². The molecule has 0 radical (unpaired) electrons. The van der Waals surface area contributed by atoms with Crippen LogP contribution >= 0.6 is 24.0 Å². The van der Waals surface area contributed by atoms with Crippen molar-refractivity contribution >= 4 is 29.9 Å². The first kappa shape index (κ1) is 17.3. The average Bonchev–Trinajstić information content (AvgIpc) is 2.40. The average molecular weight is 317 g/mol. The highest BCUT2D eigenvalue weighted by atomic mass is 35.5. The normalized spacial score (nSPS) is 17.1. The smallest absolute Gasteiger partial charge is 0.224 e. The Morgan fingerprint density at radius 1 is 1.30 bits per heavy atom. The molecule has 0 atom stereocenters. The summed E-state index contributed by atoms with van der Waals surface area (Å²) in [5, 5.41) is 7.10. The van der Waals surface area contributed by atoms with E-state index in [2.05, 4.69) is 17.6 Å². The van der Waals surface area contributed by atoms with E-state index in [1.165, 1.54) is 0 Å². The van der Waals surface area contributed by atoms with E-state index in [0.717, 1.165) is 38.0 Å². The number of benzene rings is 1. The Morgan fingerprint density at radius 3 is 2.50 bits per heavy atom. The van der Waals surface area contributed by atoms with Crippen molar-refractivity contribution in [2.45, 2.75) is 26.2 Å². The van der Waals surface area contributed by atoms with Gasteiger partial charge in [-0.25, -0.2) is 0 Å². The zero-order valence-electron chi connectivity index (χ0n) is 11.7. The molecule has 1 amide bonds. The van der Waals surface area contributed by atoms with Crippen molar-refractivity contribution in [3.05, 3.63) is 34.9 Å². The maximum Gasteiger partial charge on any atom is 0.224 e. The maximum absolute atomic E-state index is 11.9. The standard InChI is InChI=1S/C15H21ClN2O.ClH/c1-15(6-8-17-9-7-15)11-18-14(19)10-12-2-4-13(16)5-3-12;/h2-5,17H,6-11H2,1H3,(H,18,19);1H. The highest BCUT2D eigenvalue weighted by molar-refractivity contribution is 6.30. The second kappa shape index (κ2) is 7.87. The molecule has 0 aliphatic carbocycles. The number of hydrogen-bond donors (Lipinski definition) is 2. The van der Waals surface area contributed by atoms with Gasteiger partial charge in [-0.15, -0.1) is 12.4 Å². The summed E-state index contributed by atoms with van der Waals surface area (Å²) in [5.74, 6) is 0.0853. The number of amides is 1. The summed E-state index contributed by atoms with van der Waals surface area (Å²) < 4.78 is 0. The zero-order chi connectivity index (χ0) is 13.7. The Balaban J connectivity index is 0.00000200. The van der Waals surface area contributed by atoms with E-state index in [-0.39, 0.29) is 23.7 Å². The van der Waals surface area contributed by atoms with Crippen molar-refractivity contribution in [1.29, 1.82) is 0 Å². The number of nitrogens with one attached hydrogen (secondary N) is 2. The molecule has 0 bridgehead atoms. The maximum atomic E-state index is 11.9. The molecule has 1 aromatic carbocycles. The first-order valence-corrected chi connectivity index (χ1v) is 7.17. The summed E-state index contributed by atoms with van der Waals surface area (Å²) in [7, 11) is 0. The van der Waals surface area contributed by atoms with Gasteiger partial charge in [0.15, 0.2) is 0 Å². The molecule has 0 saturated carbocycles. The van der Waals surface area contributed by atoms with Gasteiger partial charge < -0.3 is 10.6 Å². The summed E-state index contributed by atoms with van der Waals surface area (Å²) in [6.07, 6.45) is 2.66. The zero-order valence-corrected chi connectivity index (χ0v) is 13.3. The summed E-state index contributed by atoms with van der Waals surface area (Å²) in [4.78, 5) is 11.9. The first-order valence-electron chi connectivity index (χ1n) is 6.79. The van der Waals surface area contributed by atoms with E-state index in [4.69, 9.17) is 11.6 Å². The van der Waals surface area contributed by atoms with Crippen LogP contribution in [-0.2, 0) is 11.2 Å². The molecule has 1 fully saturated rings. The number of hydrogen-bond acceptors (Lipinski definition) is 2. The Labute approximate surface area is 131 Å². The first-order chi connectivity index (χ1) is 9.07. The fourth-order valence-corrected chi connectivity index (χ4v) is 2.50. The second-order valence-corrected chi connectivity index (χ2v) is 6.08. The fourth-order valence-electron chi connectivity index (χ4n) is 2.37. The van der Waals surface area contributed by atoms with Crippen molar-refractivity contribution in [2.24, 2.45) is 5.41 Å². The van der Waals surface area contributed by atoms with E-state index in [0.29, 0.717) is 11.4 Å². The van der Waals surface area contributed by atoms with E-state index in [9.17, 15) is 4.79 Å². The third-order valence-electron chi connectivity index (χ3n) is 3.80. The summed E-state index contributed by atoms with van der Waals surface area (Å²) >= 11 is 5.82. The molecule has 2 rings (SSSR count). The summed E-state index contributed by atoms with van der Waals surface area (Å²) in [6.45, 7) is 5.10. The lowest BCUT2D eigenvalue weighted by Crippen LogP contribution is -2.43. The molecule has 2 N–H and O–H groups in total. The number of rotatable bonds is 4. The van der Waals surface area contributed by atoms with Crippen LogP contribution in [0.2, 0.25) is 5.02 Å². The molecule has 0 spiro atoms. The van der Waals surface area contributed by atoms with Gasteiger partial charge in [0, 0.05) is 11.6 Å². The van der Waals surface area contributed by atoms with Gasteiger partial charge in [0.25, 0.3) is 0 Å². The van der Waals surface area contributed by atoms with Crippen LogP contribution in [0, 0.1) is 5.41 Å². The van der Waals surface area contributed by atoms with Gasteiger partial charge in [0.2, 0.25) is 5.91 Å².